The molecule has 0 unspecified atom stereocenters. The molecule has 1 amide bonds. The maximum absolute atomic E-state index is 11.7. The molecular weight excluding hydrogens is 288 g/mol. The van der Waals surface area contributed by atoms with E-state index in [1.807, 2.05) is 30.5 Å². The topological polar surface area (TPSA) is 51.7 Å². The van der Waals surface area contributed by atoms with E-state index in [-0.39, 0.29) is 5.91 Å². The monoisotopic (exact) mass is 306 g/mol. The highest BCUT2D eigenvalue weighted by Crippen LogP contribution is 2.35. The molecule has 0 spiro atoms. The third-order valence-corrected chi connectivity index (χ3v) is 4.06. The Morgan fingerprint density at radius 3 is 2.71 bits per heavy atom. The van der Waals surface area contributed by atoms with Crippen molar-refractivity contribution in [2.24, 2.45) is 0 Å². The van der Waals surface area contributed by atoms with E-state index >= 15 is 0 Å². The predicted molar refractivity (Wildman–Crippen MR) is 84.4 cm³/mol. The van der Waals surface area contributed by atoms with Crippen LogP contribution >= 0.6 is 11.3 Å². The molecule has 1 aromatic carbocycles. The first kappa shape index (κ1) is 15.3. The minimum Gasteiger partial charge on any atom is -0.497 e. The van der Waals surface area contributed by atoms with Crippen molar-refractivity contribution in [2.75, 3.05) is 26.2 Å². The lowest BCUT2D eigenvalue weighted by Crippen LogP contribution is -2.24. The molecule has 6 heteroatoms. The Hall–Kier alpha value is -2.08. The van der Waals surface area contributed by atoms with Crippen LogP contribution in [0.1, 0.15) is 13.3 Å². The first-order chi connectivity index (χ1) is 10.1. The number of hydrogen-bond acceptors (Lipinski definition) is 5. The molecule has 0 fully saturated rings. The van der Waals surface area contributed by atoms with Crippen molar-refractivity contribution in [2.45, 2.75) is 13.3 Å². The third kappa shape index (κ3) is 3.16. The number of nitrogens with zero attached hydrogens (tertiary/aromatic N) is 2. The molecule has 0 saturated heterocycles. The summed E-state index contributed by atoms with van der Waals surface area (Å²) >= 11 is 1.43. The summed E-state index contributed by atoms with van der Waals surface area (Å²) in [7, 11) is 4.97. The average Bonchev–Trinajstić information content (AvgIpc) is 3.02. The second-order valence-corrected chi connectivity index (χ2v) is 5.22. The molecule has 0 N–H and O–H groups in total. The van der Waals surface area contributed by atoms with Crippen LogP contribution in [0.2, 0.25) is 0 Å². The van der Waals surface area contributed by atoms with Gasteiger partial charge in [-0.1, -0.05) is 6.92 Å². The average molecular weight is 306 g/mol. The van der Waals surface area contributed by atoms with Gasteiger partial charge in [-0.05, 0) is 18.2 Å². The number of ether oxygens (including phenoxy) is 2. The number of carbonyl (C=O) groups excluding carboxylic acids is 1. The van der Waals surface area contributed by atoms with E-state index in [0.29, 0.717) is 11.6 Å². The molecule has 112 valence electrons. The van der Waals surface area contributed by atoms with Crippen LogP contribution < -0.4 is 14.4 Å². The van der Waals surface area contributed by atoms with Crippen molar-refractivity contribution >= 4 is 22.4 Å². The van der Waals surface area contributed by atoms with E-state index in [2.05, 4.69) is 4.98 Å². The minimum absolute atomic E-state index is 0.0357. The van der Waals surface area contributed by atoms with Crippen molar-refractivity contribution in [3.05, 3.63) is 23.6 Å². The van der Waals surface area contributed by atoms with E-state index in [4.69, 9.17) is 9.47 Å². The van der Waals surface area contributed by atoms with Gasteiger partial charge in [0.05, 0.1) is 19.9 Å². The van der Waals surface area contributed by atoms with Crippen LogP contribution in [0.5, 0.6) is 11.5 Å². The van der Waals surface area contributed by atoms with Crippen LogP contribution in [0.4, 0.5) is 5.13 Å². The summed E-state index contributed by atoms with van der Waals surface area (Å²) in [6, 6.07) is 5.55. The standard InChI is InChI=1S/C15H18N2O3S/c1-5-14(18)17(2)15-16-12(9-21-15)11-8-10(19-3)6-7-13(11)20-4/h6-9H,5H2,1-4H3. The Labute approximate surface area is 128 Å². The van der Waals surface area contributed by atoms with Gasteiger partial charge in [0.25, 0.3) is 0 Å². The summed E-state index contributed by atoms with van der Waals surface area (Å²) < 4.78 is 10.6. The largest absolute Gasteiger partial charge is 0.497 e. The number of hydrogen-bond donors (Lipinski definition) is 0. The highest BCUT2D eigenvalue weighted by Gasteiger charge is 2.16. The number of benzene rings is 1. The first-order valence-corrected chi connectivity index (χ1v) is 7.43. The normalized spacial score (nSPS) is 10.3. The minimum atomic E-state index is 0.0357. The SMILES string of the molecule is CCC(=O)N(C)c1nc(-c2cc(OC)ccc2OC)cs1. The molecule has 1 heterocycles. The lowest BCUT2D eigenvalue weighted by molar-refractivity contribution is -0.118. The number of carbonyl (C=O) groups is 1. The molecule has 21 heavy (non-hydrogen) atoms. The fourth-order valence-corrected chi connectivity index (χ4v) is 2.71. The number of aromatic nitrogens is 1. The molecule has 2 rings (SSSR count). The molecule has 0 bridgehead atoms. The number of thiazole rings is 1. The maximum Gasteiger partial charge on any atom is 0.228 e. The van der Waals surface area contributed by atoms with Crippen LogP contribution in [0.3, 0.4) is 0 Å². The van der Waals surface area contributed by atoms with Crippen LogP contribution in [0, 0.1) is 0 Å². The van der Waals surface area contributed by atoms with Gasteiger partial charge < -0.3 is 9.47 Å². The van der Waals surface area contributed by atoms with Crippen molar-refractivity contribution in [3.8, 4) is 22.8 Å². The van der Waals surface area contributed by atoms with Gasteiger partial charge in [0.2, 0.25) is 5.91 Å². The zero-order valence-electron chi connectivity index (χ0n) is 12.5. The van der Waals surface area contributed by atoms with Gasteiger partial charge in [-0.25, -0.2) is 4.98 Å². The molecule has 0 saturated carbocycles. The van der Waals surface area contributed by atoms with Gasteiger partial charge in [-0.3, -0.25) is 9.69 Å². The second kappa shape index (κ2) is 6.58. The van der Waals surface area contributed by atoms with Gasteiger partial charge in [0.1, 0.15) is 11.5 Å². The van der Waals surface area contributed by atoms with Gasteiger partial charge in [0.15, 0.2) is 5.13 Å². The summed E-state index contributed by atoms with van der Waals surface area (Å²) in [5.74, 6) is 1.49. The summed E-state index contributed by atoms with van der Waals surface area (Å²) in [5, 5.41) is 2.58. The quantitative estimate of drug-likeness (QED) is 0.851. The molecule has 0 aliphatic heterocycles. The number of methoxy groups -OCH3 is 2. The van der Waals surface area contributed by atoms with Gasteiger partial charge in [-0.15, -0.1) is 11.3 Å². The molecule has 2 aromatic rings. The van der Waals surface area contributed by atoms with Crippen molar-refractivity contribution in [1.29, 1.82) is 0 Å². The van der Waals surface area contributed by atoms with E-state index in [1.165, 1.54) is 11.3 Å². The number of anilines is 1. The van der Waals surface area contributed by atoms with Gasteiger partial charge in [-0.2, -0.15) is 0 Å². The molecular formula is C15H18N2O3S. The first-order valence-electron chi connectivity index (χ1n) is 6.55. The van der Waals surface area contributed by atoms with Crippen LogP contribution in [-0.2, 0) is 4.79 Å². The van der Waals surface area contributed by atoms with Crippen molar-refractivity contribution in [1.82, 2.24) is 4.98 Å². The van der Waals surface area contributed by atoms with E-state index in [1.54, 1.807) is 26.2 Å². The molecule has 0 aliphatic rings. The molecule has 0 aliphatic carbocycles. The van der Waals surface area contributed by atoms with E-state index < -0.39 is 0 Å². The van der Waals surface area contributed by atoms with Crippen molar-refractivity contribution < 1.29 is 14.3 Å². The van der Waals surface area contributed by atoms with Crippen LogP contribution in [-0.4, -0.2) is 32.2 Å². The molecule has 0 radical (unpaired) electrons. The van der Waals surface area contributed by atoms with E-state index in [0.717, 1.165) is 22.8 Å². The summed E-state index contributed by atoms with van der Waals surface area (Å²) in [6.07, 6.45) is 0.452. The highest BCUT2D eigenvalue weighted by atomic mass is 32.1. The number of rotatable bonds is 5. The lowest BCUT2D eigenvalue weighted by Gasteiger charge is -2.12. The summed E-state index contributed by atoms with van der Waals surface area (Å²) in [4.78, 5) is 17.8. The predicted octanol–water partition coefficient (Wildman–Crippen LogP) is 3.20. The smallest absolute Gasteiger partial charge is 0.228 e. The highest BCUT2D eigenvalue weighted by molar-refractivity contribution is 7.14. The van der Waals surface area contributed by atoms with E-state index in [9.17, 15) is 4.79 Å². The Kier molecular flexibility index (Phi) is 4.80. The fourth-order valence-electron chi connectivity index (χ4n) is 1.90. The molecule has 5 nitrogen and oxygen atoms in total. The molecule has 0 atom stereocenters. The molecule has 1 aromatic heterocycles. The zero-order chi connectivity index (χ0) is 15.4. The Morgan fingerprint density at radius 1 is 1.33 bits per heavy atom. The third-order valence-electron chi connectivity index (χ3n) is 3.14. The zero-order valence-corrected chi connectivity index (χ0v) is 13.4. The Morgan fingerprint density at radius 2 is 2.10 bits per heavy atom. The van der Waals surface area contributed by atoms with Gasteiger partial charge in [0, 0.05) is 24.4 Å². The fraction of sp³-hybridized carbons (Fsp3) is 0.333. The maximum atomic E-state index is 11.7. The van der Waals surface area contributed by atoms with Crippen LogP contribution in [0.25, 0.3) is 11.3 Å². The number of amides is 1. The summed E-state index contributed by atoms with van der Waals surface area (Å²) in [5.41, 5.74) is 1.61. The lowest BCUT2D eigenvalue weighted by atomic mass is 10.1. The van der Waals surface area contributed by atoms with Crippen LogP contribution in [0.15, 0.2) is 23.6 Å². The summed E-state index contributed by atoms with van der Waals surface area (Å²) in [6.45, 7) is 1.83. The van der Waals surface area contributed by atoms with Crippen molar-refractivity contribution in [3.63, 3.8) is 0 Å². The Bertz CT molecular complexity index is 640. The Balaban J connectivity index is 2.39. The van der Waals surface area contributed by atoms with Gasteiger partial charge >= 0.3 is 0 Å². The second-order valence-electron chi connectivity index (χ2n) is 4.39.